The standard InChI is InChI=1S/C14H16F2O3/c1-2-11-5-7-12(8-6-11)18-9-3-4-10-19-14(17)13(15)16/h2,5-8,13H,1,3-4,9-10H2. The van der Waals surface area contributed by atoms with Gasteiger partial charge in [-0.05, 0) is 30.5 Å². The molecule has 104 valence electrons. The number of hydrogen-bond acceptors (Lipinski definition) is 3. The van der Waals surface area contributed by atoms with Crippen molar-refractivity contribution in [3.63, 3.8) is 0 Å². The second-order valence-corrected chi connectivity index (χ2v) is 3.80. The van der Waals surface area contributed by atoms with Crippen LogP contribution in [-0.4, -0.2) is 25.6 Å². The summed E-state index contributed by atoms with van der Waals surface area (Å²) in [5.41, 5.74) is 1.01. The Kier molecular flexibility index (Phi) is 6.57. The Morgan fingerprint density at radius 3 is 2.42 bits per heavy atom. The molecule has 0 fully saturated rings. The summed E-state index contributed by atoms with van der Waals surface area (Å²) in [5.74, 6) is -0.740. The van der Waals surface area contributed by atoms with E-state index in [0.717, 1.165) is 11.3 Å². The Morgan fingerprint density at radius 2 is 1.84 bits per heavy atom. The van der Waals surface area contributed by atoms with Crippen LogP contribution in [0.4, 0.5) is 8.78 Å². The molecule has 0 N–H and O–H groups in total. The average molecular weight is 270 g/mol. The van der Waals surface area contributed by atoms with Crippen LogP contribution >= 0.6 is 0 Å². The molecule has 19 heavy (non-hydrogen) atoms. The summed E-state index contributed by atoms with van der Waals surface area (Å²) in [6, 6.07) is 7.42. The molecular weight excluding hydrogens is 254 g/mol. The van der Waals surface area contributed by atoms with Crippen molar-refractivity contribution in [3.05, 3.63) is 36.4 Å². The van der Waals surface area contributed by atoms with E-state index in [4.69, 9.17) is 4.74 Å². The fraction of sp³-hybridized carbons (Fsp3) is 0.357. The maximum atomic E-state index is 11.8. The monoisotopic (exact) mass is 270 g/mol. The number of carbonyl (C=O) groups excluding carboxylic acids is 1. The van der Waals surface area contributed by atoms with Crippen LogP contribution in [0.15, 0.2) is 30.8 Å². The molecule has 5 heteroatoms. The smallest absolute Gasteiger partial charge is 0.373 e. The molecule has 3 nitrogen and oxygen atoms in total. The summed E-state index contributed by atoms with van der Waals surface area (Å²) in [6.45, 7) is 4.08. The molecule has 0 saturated carbocycles. The number of ether oxygens (including phenoxy) is 2. The van der Waals surface area contributed by atoms with Gasteiger partial charge in [-0.25, -0.2) is 4.79 Å². The highest BCUT2D eigenvalue weighted by Gasteiger charge is 2.15. The Morgan fingerprint density at radius 1 is 1.21 bits per heavy atom. The number of benzene rings is 1. The number of carbonyl (C=O) groups is 1. The Bertz CT molecular complexity index is 402. The predicted molar refractivity (Wildman–Crippen MR) is 68.2 cm³/mol. The van der Waals surface area contributed by atoms with E-state index in [-0.39, 0.29) is 6.61 Å². The van der Waals surface area contributed by atoms with Gasteiger partial charge >= 0.3 is 12.4 Å². The van der Waals surface area contributed by atoms with Gasteiger partial charge in [0.1, 0.15) is 5.75 Å². The topological polar surface area (TPSA) is 35.5 Å². The van der Waals surface area contributed by atoms with Crippen LogP contribution < -0.4 is 4.74 Å². The predicted octanol–water partition coefficient (Wildman–Crippen LogP) is 3.30. The van der Waals surface area contributed by atoms with Crippen molar-refractivity contribution in [1.29, 1.82) is 0 Å². The first-order valence-electron chi connectivity index (χ1n) is 5.93. The number of rotatable bonds is 8. The van der Waals surface area contributed by atoms with Crippen molar-refractivity contribution in [2.75, 3.05) is 13.2 Å². The highest BCUT2D eigenvalue weighted by atomic mass is 19.3. The summed E-state index contributed by atoms with van der Waals surface area (Å²) in [7, 11) is 0. The van der Waals surface area contributed by atoms with Crippen LogP contribution in [0.2, 0.25) is 0 Å². The van der Waals surface area contributed by atoms with Crippen LogP contribution in [0.3, 0.4) is 0 Å². The molecule has 0 atom stereocenters. The third-order valence-electron chi connectivity index (χ3n) is 2.35. The Labute approximate surface area is 110 Å². The van der Waals surface area contributed by atoms with Crippen LogP contribution in [0, 0.1) is 0 Å². The highest BCUT2D eigenvalue weighted by molar-refractivity contribution is 5.72. The minimum atomic E-state index is -3.06. The first kappa shape index (κ1) is 15.1. The molecule has 0 aliphatic heterocycles. The fourth-order valence-electron chi connectivity index (χ4n) is 1.33. The normalized spacial score (nSPS) is 10.3. The Balaban J connectivity index is 2.10. The van der Waals surface area contributed by atoms with Gasteiger partial charge in [0.05, 0.1) is 13.2 Å². The summed E-state index contributed by atoms with van der Waals surface area (Å²) < 4.78 is 33.3. The minimum Gasteiger partial charge on any atom is -0.494 e. The van der Waals surface area contributed by atoms with Crippen molar-refractivity contribution < 1.29 is 23.0 Å². The molecule has 0 radical (unpaired) electrons. The van der Waals surface area contributed by atoms with Gasteiger partial charge in [0.2, 0.25) is 0 Å². The number of hydrogen-bond donors (Lipinski definition) is 0. The first-order valence-corrected chi connectivity index (χ1v) is 5.93. The largest absolute Gasteiger partial charge is 0.494 e. The van der Waals surface area contributed by atoms with Gasteiger partial charge in [-0.2, -0.15) is 8.78 Å². The number of esters is 1. The van der Waals surface area contributed by atoms with E-state index < -0.39 is 12.4 Å². The third kappa shape index (κ3) is 5.99. The van der Waals surface area contributed by atoms with Crippen LogP contribution in [0.5, 0.6) is 5.75 Å². The molecule has 0 spiro atoms. The lowest BCUT2D eigenvalue weighted by Crippen LogP contribution is -2.15. The Hall–Kier alpha value is -1.91. The van der Waals surface area contributed by atoms with Crippen molar-refractivity contribution >= 4 is 12.0 Å². The molecule has 0 aliphatic carbocycles. The highest BCUT2D eigenvalue weighted by Crippen LogP contribution is 2.13. The van der Waals surface area contributed by atoms with Gasteiger partial charge in [0.25, 0.3) is 0 Å². The van der Waals surface area contributed by atoms with Crippen molar-refractivity contribution in [3.8, 4) is 5.75 Å². The number of alkyl halides is 2. The van der Waals surface area contributed by atoms with Crippen molar-refractivity contribution in [2.24, 2.45) is 0 Å². The van der Waals surface area contributed by atoms with Gasteiger partial charge in [-0.3, -0.25) is 0 Å². The number of halogens is 2. The van der Waals surface area contributed by atoms with Crippen LogP contribution in [0.1, 0.15) is 18.4 Å². The lowest BCUT2D eigenvalue weighted by atomic mass is 10.2. The van der Waals surface area contributed by atoms with E-state index in [1.807, 2.05) is 24.3 Å². The van der Waals surface area contributed by atoms with Gasteiger partial charge < -0.3 is 9.47 Å². The van der Waals surface area contributed by atoms with E-state index in [2.05, 4.69) is 11.3 Å². The maximum absolute atomic E-state index is 11.8. The molecule has 1 aromatic carbocycles. The molecule has 1 rings (SSSR count). The lowest BCUT2D eigenvalue weighted by Gasteiger charge is -2.07. The molecule has 0 heterocycles. The quantitative estimate of drug-likeness (QED) is 0.537. The molecule has 0 saturated heterocycles. The zero-order chi connectivity index (χ0) is 14.1. The summed E-state index contributed by atoms with van der Waals surface area (Å²) in [5, 5.41) is 0. The van der Waals surface area contributed by atoms with Gasteiger partial charge in [-0.1, -0.05) is 24.8 Å². The van der Waals surface area contributed by atoms with Gasteiger partial charge in [-0.15, -0.1) is 0 Å². The van der Waals surface area contributed by atoms with Crippen molar-refractivity contribution in [2.45, 2.75) is 19.3 Å². The van der Waals surface area contributed by atoms with E-state index in [9.17, 15) is 13.6 Å². The molecule has 0 amide bonds. The maximum Gasteiger partial charge on any atom is 0.373 e. The third-order valence-corrected chi connectivity index (χ3v) is 2.35. The molecule has 1 aromatic rings. The average Bonchev–Trinajstić information content (AvgIpc) is 2.42. The van der Waals surface area contributed by atoms with E-state index in [0.29, 0.717) is 19.4 Å². The second kappa shape index (κ2) is 8.24. The zero-order valence-electron chi connectivity index (χ0n) is 10.5. The summed E-state index contributed by atoms with van der Waals surface area (Å²) >= 11 is 0. The fourth-order valence-corrected chi connectivity index (χ4v) is 1.33. The van der Waals surface area contributed by atoms with Crippen LogP contribution in [0.25, 0.3) is 6.08 Å². The zero-order valence-corrected chi connectivity index (χ0v) is 10.5. The number of unbranched alkanes of at least 4 members (excludes halogenated alkanes) is 1. The van der Waals surface area contributed by atoms with E-state index in [1.54, 1.807) is 6.08 Å². The van der Waals surface area contributed by atoms with Crippen LogP contribution in [-0.2, 0) is 9.53 Å². The summed E-state index contributed by atoms with van der Waals surface area (Å²) in [6.07, 6.45) is -0.205. The van der Waals surface area contributed by atoms with Crippen molar-refractivity contribution in [1.82, 2.24) is 0 Å². The minimum absolute atomic E-state index is 0.0120. The molecule has 0 bridgehead atoms. The second-order valence-electron chi connectivity index (χ2n) is 3.80. The molecular formula is C14H16F2O3. The molecule has 0 unspecified atom stereocenters. The van der Waals surface area contributed by atoms with E-state index >= 15 is 0 Å². The first-order chi connectivity index (χ1) is 9.13. The SMILES string of the molecule is C=Cc1ccc(OCCCCOC(=O)C(F)F)cc1. The summed E-state index contributed by atoms with van der Waals surface area (Å²) in [4.78, 5) is 10.4. The van der Waals surface area contributed by atoms with Gasteiger partial charge in [0.15, 0.2) is 0 Å². The van der Waals surface area contributed by atoms with E-state index in [1.165, 1.54) is 0 Å². The van der Waals surface area contributed by atoms with Gasteiger partial charge in [0, 0.05) is 0 Å². The lowest BCUT2D eigenvalue weighted by molar-refractivity contribution is -0.156. The molecule has 0 aromatic heterocycles. The molecule has 0 aliphatic rings.